The average Bonchev–Trinajstić information content (AvgIpc) is 3.22. The van der Waals surface area contributed by atoms with E-state index in [9.17, 15) is 0 Å². The first-order chi connectivity index (χ1) is 12.8. The van der Waals surface area contributed by atoms with Crippen molar-refractivity contribution in [2.75, 3.05) is 51.8 Å². The predicted octanol–water partition coefficient (Wildman–Crippen LogP) is 3.71. The van der Waals surface area contributed by atoms with Gasteiger partial charge in [-0.3, -0.25) is 4.90 Å². The lowest BCUT2D eigenvalue weighted by molar-refractivity contribution is 0.212. The van der Waals surface area contributed by atoms with E-state index >= 15 is 0 Å². The van der Waals surface area contributed by atoms with Gasteiger partial charge in [0.05, 0.1) is 23.4 Å². The number of ether oxygens (including phenoxy) is 1. The van der Waals surface area contributed by atoms with Crippen LogP contribution in [0.2, 0.25) is 0 Å². The molecule has 0 aliphatic carbocycles. The molecule has 5 nitrogen and oxygen atoms in total. The molecule has 1 saturated heterocycles. The molecule has 3 rings (SSSR count). The zero-order valence-electron chi connectivity index (χ0n) is 15.6. The van der Waals surface area contributed by atoms with Crippen molar-refractivity contribution in [1.29, 1.82) is 0 Å². The van der Waals surface area contributed by atoms with Crippen molar-refractivity contribution >= 4 is 22.7 Å². The number of thiophene rings is 1. The molecule has 0 N–H and O–H groups in total. The summed E-state index contributed by atoms with van der Waals surface area (Å²) in [6.07, 6.45) is 2.04. The highest BCUT2D eigenvalue weighted by Crippen LogP contribution is 2.28. The normalized spacial score (nSPS) is 15.9. The highest BCUT2D eigenvalue weighted by atomic mass is 32.1. The van der Waals surface area contributed by atoms with Gasteiger partial charge in [0.15, 0.2) is 0 Å². The number of methoxy groups -OCH3 is 1. The van der Waals surface area contributed by atoms with Crippen LogP contribution in [0.4, 0.5) is 5.69 Å². The molecule has 0 unspecified atom stereocenters. The van der Waals surface area contributed by atoms with Crippen molar-refractivity contribution in [3.05, 3.63) is 46.7 Å². The quantitative estimate of drug-likeness (QED) is 0.522. The molecule has 0 atom stereocenters. The third-order valence-electron chi connectivity index (χ3n) is 4.69. The Morgan fingerprint density at radius 3 is 2.58 bits per heavy atom. The third-order valence-corrected chi connectivity index (χ3v) is 5.61. The van der Waals surface area contributed by atoms with E-state index in [0.29, 0.717) is 0 Å². The largest absolute Gasteiger partial charge is 0.495 e. The standard InChI is InChI=1S/C20H27N3O2S/c1-24-19-9-4-3-8-18(19)23-14-12-22(13-15-23)11-5-7-17(21-25-2)20-10-6-16-26-20/h3-4,6,8-10,16H,5,7,11-15H2,1-2H3/b21-17+. The molecule has 0 bridgehead atoms. The van der Waals surface area contributed by atoms with Crippen LogP contribution in [-0.4, -0.2) is 57.6 Å². The van der Waals surface area contributed by atoms with Gasteiger partial charge in [0.25, 0.3) is 0 Å². The van der Waals surface area contributed by atoms with Crippen LogP contribution < -0.4 is 9.64 Å². The molecule has 2 aromatic rings. The lowest BCUT2D eigenvalue weighted by atomic mass is 10.1. The lowest BCUT2D eigenvalue weighted by Crippen LogP contribution is -2.46. The number of hydrogen-bond donors (Lipinski definition) is 0. The zero-order chi connectivity index (χ0) is 18.2. The molecule has 6 heteroatoms. The van der Waals surface area contributed by atoms with E-state index in [1.807, 2.05) is 12.1 Å². The first-order valence-corrected chi connectivity index (χ1v) is 9.94. The van der Waals surface area contributed by atoms with Crippen LogP contribution in [0.3, 0.4) is 0 Å². The summed E-state index contributed by atoms with van der Waals surface area (Å²) in [4.78, 5) is 11.2. The lowest BCUT2D eigenvalue weighted by Gasteiger charge is -2.36. The molecule has 26 heavy (non-hydrogen) atoms. The number of nitrogens with zero attached hydrogens (tertiary/aromatic N) is 3. The van der Waals surface area contributed by atoms with Crippen molar-refractivity contribution in [2.45, 2.75) is 12.8 Å². The fraction of sp³-hybridized carbons (Fsp3) is 0.450. The number of para-hydroxylation sites is 2. The van der Waals surface area contributed by atoms with Crippen molar-refractivity contribution in [3.63, 3.8) is 0 Å². The monoisotopic (exact) mass is 373 g/mol. The van der Waals surface area contributed by atoms with Crippen molar-refractivity contribution in [1.82, 2.24) is 4.90 Å². The summed E-state index contributed by atoms with van der Waals surface area (Å²) in [6, 6.07) is 12.4. The van der Waals surface area contributed by atoms with Crippen molar-refractivity contribution < 1.29 is 9.57 Å². The molecule has 1 fully saturated rings. The SMILES string of the molecule is CO/N=C(\CCCN1CCN(c2ccccc2OC)CC1)c1cccs1. The zero-order valence-corrected chi connectivity index (χ0v) is 16.4. The Balaban J connectivity index is 1.46. The van der Waals surface area contributed by atoms with Gasteiger partial charge in [0, 0.05) is 26.2 Å². The van der Waals surface area contributed by atoms with Gasteiger partial charge in [-0.05, 0) is 43.0 Å². The number of piperazine rings is 1. The van der Waals surface area contributed by atoms with E-state index in [4.69, 9.17) is 9.57 Å². The predicted molar refractivity (Wildman–Crippen MR) is 109 cm³/mol. The van der Waals surface area contributed by atoms with Gasteiger partial charge < -0.3 is 14.5 Å². The van der Waals surface area contributed by atoms with Gasteiger partial charge in [0.1, 0.15) is 12.9 Å². The molecule has 1 aromatic heterocycles. The Bertz CT molecular complexity index is 695. The molecule has 1 aromatic carbocycles. The van der Waals surface area contributed by atoms with Crippen LogP contribution in [0, 0.1) is 0 Å². The maximum absolute atomic E-state index is 5.50. The van der Waals surface area contributed by atoms with Crippen LogP contribution >= 0.6 is 11.3 Å². The Morgan fingerprint density at radius 2 is 1.88 bits per heavy atom. The summed E-state index contributed by atoms with van der Waals surface area (Å²) in [6.45, 7) is 5.31. The first-order valence-electron chi connectivity index (χ1n) is 9.06. The Kier molecular flexibility index (Phi) is 6.91. The van der Waals surface area contributed by atoms with Gasteiger partial charge in [-0.25, -0.2) is 0 Å². The maximum Gasteiger partial charge on any atom is 0.142 e. The fourth-order valence-electron chi connectivity index (χ4n) is 3.34. The number of rotatable bonds is 8. The fourth-order valence-corrected chi connectivity index (χ4v) is 4.08. The van der Waals surface area contributed by atoms with Crippen LogP contribution in [0.1, 0.15) is 17.7 Å². The molecule has 0 amide bonds. The third kappa shape index (κ3) is 4.77. The van der Waals surface area contributed by atoms with Gasteiger partial charge in [-0.2, -0.15) is 0 Å². The molecule has 2 heterocycles. The topological polar surface area (TPSA) is 37.3 Å². The summed E-state index contributed by atoms with van der Waals surface area (Å²) in [5.41, 5.74) is 2.25. The van der Waals surface area contributed by atoms with E-state index < -0.39 is 0 Å². The maximum atomic E-state index is 5.50. The summed E-state index contributed by atoms with van der Waals surface area (Å²) in [5.74, 6) is 0.956. The van der Waals surface area contributed by atoms with Gasteiger partial charge in [-0.1, -0.05) is 23.4 Å². The first kappa shape index (κ1) is 18.7. The van der Waals surface area contributed by atoms with Crippen LogP contribution in [0.25, 0.3) is 0 Å². The summed E-state index contributed by atoms with van der Waals surface area (Å²) in [5, 5.41) is 6.29. The van der Waals surface area contributed by atoms with Gasteiger partial charge in [-0.15, -0.1) is 11.3 Å². The molecular formula is C20H27N3O2S. The van der Waals surface area contributed by atoms with E-state index in [2.05, 4.69) is 44.6 Å². The van der Waals surface area contributed by atoms with E-state index in [-0.39, 0.29) is 0 Å². The van der Waals surface area contributed by atoms with Crippen LogP contribution in [0.15, 0.2) is 46.9 Å². The Labute approximate surface area is 159 Å². The number of hydrogen-bond acceptors (Lipinski definition) is 6. The van der Waals surface area contributed by atoms with E-state index in [1.165, 1.54) is 10.6 Å². The smallest absolute Gasteiger partial charge is 0.142 e. The number of benzene rings is 1. The average molecular weight is 374 g/mol. The minimum Gasteiger partial charge on any atom is -0.495 e. The van der Waals surface area contributed by atoms with E-state index in [1.54, 1.807) is 25.6 Å². The molecule has 1 aliphatic rings. The highest BCUT2D eigenvalue weighted by Gasteiger charge is 2.19. The molecule has 0 radical (unpaired) electrons. The van der Waals surface area contributed by atoms with Crippen LogP contribution in [0.5, 0.6) is 5.75 Å². The minimum absolute atomic E-state index is 0.946. The van der Waals surface area contributed by atoms with Gasteiger partial charge >= 0.3 is 0 Å². The van der Waals surface area contributed by atoms with Crippen LogP contribution in [-0.2, 0) is 4.84 Å². The summed E-state index contributed by atoms with van der Waals surface area (Å²) < 4.78 is 5.50. The van der Waals surface area contributed by atoms with Crippen molar-refractivity contribution in [2.24, 2.45) is 5.16 Å². The highest BCUT2D eigenvalue weighted by molar-refractivity contribution is 7.12. The summed E-state index contributed by atoms with van der Waals surface area (Å²) in [7, 11) is 3.35. The minimum atomic E-state index is 0.946. The second-order valence-corrected chi connectivity index (χ2v) is 7.25. The van der Waals surface area contributed by atoms with Gasteiger partial charge in [0.2, 0.25) is 0 Å². The second kappa shape index (κ2) is 9.59. The van der Waals surface area contributed by atoms with Crippen molar-refractivity contribution in [3.8, 4) is 5.75 Å². The van der Waals surface area contributed by atoms with E-state index in [0.717, 1.165) is 57.0 Å². The Morgan fingerprint density at radius 1 is 1.08 bits per heavy atom. The molecule has 1 aliphatic heterocycles. The Hall–Kier alpha value is -2.05. The molecule has 0 saturated carbocycles. The number of oxime groups is 1. The molecular weight excluding hydrogens is 346 g/mol. The molecule has 140 valence electrons. The summed E-state index contributed by atoms with van der Waals surface area (Å²) >= 11 is 1.72. The molecule has 0 spiro atoms. The number of anilines is 1. The second-order valence-electron chi connectivity index (χ2n) is 6.30.